The molecule has 0 radical (unpaired) electrons. The first-order chi connectivity index (χ1) is 36.1. The van der Waals surface area contributed by atoms with Crippen molar-refractivity contribution in [3.8, 4) is 28.1 Å². The van der Waals surface area contributed by atoms with E-state index in [1.807, 2.05) is 38.1 Å². The standard InChI is InChI=1S/C55H45N4.Pt/c1-54(2,3)40-32-33-56-52(36-40)59-48-27-13-12-24-46(48)47-31-30-42(35-51(47)59)55(4,5)41-22-16-23-43(34-41)57-37-58(50-29-15-14-28-49(50)57)53-44(38-18-8-6-9-19-38)25-17-26-45(53)39-20-10-7-11-21-39;/h6-33,36-37H,1-5H3;/q-3;/i6D,7D,8D,9D,10D,11D,12D,13D,14D,15D,18D,19D,20D,21D,24D,27D,28D,29D;. The van der Waals surface area contributed by atoms with Crippen LogP contribution in [0.15, 0.2) is 176 Å². The molecule has 1 aliphatic heterocycles. The Balaban J connectivity index is 0.00000740. The average Bonchev–Trinajstić information content (AvgIpc) is 4.19. The normalized spacial score (nSPS) is 17.0. The van der Waals surface area contributed by atoms with E-state index >= 15 is 0 Å². The molecule has 7 aromatic carbocycles. The Bertz CT molecular complexity index is 3910. The number of para-hydroxylation sites is 4. The summed E-state index contributed by atoms with van der Waals surface area (Å²) >= 11 is 0. The van der Waals surface area contributed by atoms with Crippen LogP contribution in [0.3, 0.4) is 0 Å². The minimum absolute atomic E-state index is 0. The van der Waals surface area contributed by atoms with Crippen molar-refractivity contribution >= 4 is 44.6 Å². The maximum Gasteiger partial charge on any atom is 0.135 e. The van der Waals surface area contributed by atoms with Crippen LogP contribution in [0.4, 0.5) is 22.7 Å². The molecule has 5 heteroatoms. The largest absolute Gasteiger partial charge is 0.493 e. The molecule has 2 aromatic heterocycles. The maximum absolute atomic E-state index is 9.43. The van der Waals surface area contributed by atoms with Crippen molar-refractivity contribution in [2.75, 3.05) is 9.80 Å². The third-order valence-electron chi connectivity index (χ3n) is 10.7. The van der Waals surface area contributed by atoms with Gasteiger partial charge in [-0.3, -0.25) is 0 Å². The smallest absolute Gasteiger partial charge is 0.135 e. The Morgan fingerprint density at radius 2 is 1.20 bits per heavy atom. The minimum Gasteiger partial charge on any atom is -0.493 e. The van der Waals surface area contributed by atoms with Gasteiger partial charge in [-0.15, -0.1) is 17.7 Å². The number of anilines is 4. The van der Waals surface area contributed by atoms with Gasteiger partial charge in [-0.25, -0.2) is 4.98 Å². The van der Waals surface area contributed by atoms with Gasteiger partial charge in [0.15, 0.2) is 0 Å². The van der Waals surface area contributed by atoms with Gasteiger partial charge in [-0.05, 0) is 63.2 Å². The summed E-state index contributed by atoms with van der Waals surface area (Å²) in [5, 5.41) is 0.806. The number of aromatic nitrogens is 2. The minimum atomic E-state index is -0.985. The Hall–Kier alpha value is -6.22. The predicted molar refractivity (Wildman–Crippen MR) is 246 cm³/mol. The van der Waals surface area contributed by atoms with Crippen LogP contribution in [0, 0.1) is 18.8 Å². The van der Waals surface area contributed by atoms with Gasteiger partial charge in [0.1, 0.15) is 5.82 Å². The molecule has 4 nitrogen and oxygen atoms in total. The Labute approximate surface area is 393 Å². The van der Waals surface area contributed by atoms with Gasteiger partial charge in [0.05, 0.1) is 24.7 Å². The third kappa shape index (κ3) is 6.74. The van der Waals surface area contributed by atoms with Gasteiger partial charge in [0.2, 0.25) is 0 Å². The van der Waals surface area contributed by atoms with Crippen LogP contribution in [-0.4, -0.2) is 9.55 Å². The molecular weight excluding hydrogens is 912 g/mol. The van der Waals surface area contributed by atoms with Gasteiger partial charge >= 0.3 is 0 Å². The van der Waals surface area contributed by atoms with Crippen LogP contribution in [0.1, 0.15) is 76.0 Å². The zero-order valence-corrected chi connectivity index (χ0v) is 35.3. The van der Waals surface area contributed by atoms with E-state index < -0.39 is 96.1 Å². The van der Waals surface area contributed by atoms with Crippen molar-refractivity contribution in [2.45, 2.75) is 45.4 Å². The number of nitrogens with zero attached hydrogens (tertiary/aromatic N) is 4. The molecule has 0 aliphatic carbocycles. The van der Waals surface area contributed by atoms with Crippen molar-refractivity contribution in [2.24, 2.45) is 0 Å². The molecule has 0 saturated heterocycles. The first-order valence-corrected chi connectivity index (χ1v) is 18.9. The molecule has 0 fully saturated rings. The number of hydrogen-bond acceptors (Lipinski definition) is 3. The van der Waals surface area contributed by atoms with E-state index in [4.69, 9.17) is 26.9 Å². The van der Waals surface area contributed by atoms with E-state index in [0.717, 1.165) is 5.56 Å². The second-order valence-corrected chi connectivity index (χ2v) is 15.7. The Morgan fingerprint density at radius 1 is 0.600 bits per heavy atom. The number of benzene rings is 7. The quantitative estimate of drug-likeness (QED) is 0.149. The summed E-state index contributed by atoms with van der Waals surface area (Å²) in [4.78, 5) is 7.49. The molecule has 9 aromatic rings. The van der Waals surface area contributed by atoms with Gasteiger partial charge in [-0.1, -0.05) is 149 Å². The summed E-state index contributed by atoms with van der Waals surface area (Å²) < 4.78 is 161. The summed E-state index contributed by atoms with van der Waals surface area (Å²) in [6.07, 6.45) is 1.66. The van der Waals surface area contributed by atoms with Gasteiger partial charge in [-0.2, -0.15) is 53.6 Å². The van der Waals surface area contributed by atoms with E-state index in [9.17, 15) is 2.74 Å². The Morgan fingerprint density at radius 3 is 1.88 bits per heavy atom. The van der Waals surface area contributed by atoms with Crippen molar-refractivity contribution in [1.82, 2.24) is 9.55 Å². The molecule has 0 bridgehead atoms. The second-order valence-electron chi connectivity index (χ2n) is 15.7. The number of fused-ring (bicyclic) bond motifs is 4. The average molecular weight is 975 g/mol. The van der Waals surface area contributed by atoms with Crippen LogP contribution in [0.5, 0.6) is 0 Å². The van der Waals surface area contributed by atoms with Crippen molar-refractivity contribution < 1.29 is 45.7 Å². The molecule has 0 saturated carbocycles. The summed E-state index contributed by atoms with van der Waals surface area (Å²) in [6.45, 7) is 11.4. The second kappa shape index (κ2) is 15.4. The van der Waals surface area contributed by atoms with E-state index in [0.29, 0.717) is 33.2 Å². The molecule has 0 N–H and O–H groups in total. The molecule has 60 heavy (non-hydrogen) atoms. The van der Waals surface area contributed by atoms with Crippen molar-refractivity contribution in [1.29, 1.82) is 0 Å². The topological polar surface area (TPSA) is 24.3 Å². The van der Waals surface area contributed by atoms with E-state index in [1.54, 1.807) is 29.0 Å². The monoisotopic (exact) mass is 974 g/mol. The Kier molecular flexibility index (Phi) is 6.05. The van der Waals surface area contributed by atoms with Crippen molar-refractivity contribution in [3.63, 3.8) is 0 Å². The van der Waals surface area contributed by atoms with Crippen LogP contribution < -0.4 is 9.80 Å². The van der Waals surface area contributed by atoms with Crippen molar-refractivity contribution in [3.05, 3.63) is 211 Å². The molecule has 0 atom stereocenters. The SMILES string of the molecule is [2H]c1c([2H])c([2H])c(-c2cccc(-c3c([2H])c([2H])c([2H])c([2H])c3[2H])c2N2[CH-]N(c3[c-]c(C(C)(C)c4[c-]c5c(cc4)c4c([2H])c([2H])c([2H])c([2H])c4n5-c4cc(C(C)(C)C)ccn4)ccc3)c3c([2H])c([2H])c([2H])c([2H])c32)c([2H])c1[2H].[Pt]. The first-order valence-electron chi connectivity index (χ1n) is 27.9. The number of rotatable bonds is 7. The summed E-state index contributed by atoms with van der Waals surface area (Å²) in [6, 6.07) is 13.8. The van der Waals surface area contributed by atoms with Gasteiger partial charge in [0.25, 0.3) is 0 Å². The zero-order valence-electron chi connectivity index (χ0n) is 51.0. The molecule has 0 amide bonds. The van der Waals surface area contributed by atoms with Gasteiger partial charge < -0.3 is 14.4 Å². The number of hydrogen-bond donors (Lipinski definition) is 0. The fourth-order valence-electron chi connectivity index (χ4n) is 7.56. The molecule has 0 unspecified atom stereocenters. The van der Waals surface area contributed by atoms with Crippen LogP contribution >= 0.6 is 0 Å². The summed E-state index contributed by atoms with van der Waals surface area (Å²) in [7, 11) is 0. The van der Waals surface area contributed by atoms with Crippen LogP contribution in [-0.2, 0) is 31.9 Å². The molecule has 10 rings (SSSR count). The number of pyridine rings is 1. The molecule has 298 valence electrons. The van der Waals surface area contributed by atoms with Crippen LogP contribution in [0.2, 0.25) is 0 Å². The van der Waals surface area contributed by atoms with E-state index in [1.165, 1.54) is 34.7 Å². The fraction of sp³-hybridized carbons (Fsp3) is 0.127. The maximum atomic E-state index is 9.43. The van der Waals surface area contributed by atoms with Gasteiger partial charge in [0, 0.05) is 61.0 Å². The zero-order chi connectivity index (χ0) is 56.0. The summed E-state index contributed by atoms with van der Waals surface area (Å²) in [5.41, 5.74) is 0.513. The first kappa shape index (κ1) is 23.5. The molecule has 3 heterocycles. The predicted octanol–water partition coefficient (Wildman–Crippen LogP) is 14.1. The van der Waals surface area contributed by atoms with E-state index in [2.05, 4.69) is 32.9 Å². The van der Waals surface area contributed by atoms with Crippen LogP contribution in [0.25, 0.3) is 49.9 Å². The molecular formula is C55H45N4Pt-3. The summed E-state index contributed by atoms with van der Waals surface area (Å²) in [5.74, 6) is 0.419. The third-order valence-corrected chi connectivity index (χ3v) is 10.7. The fourth-order valence-corrected chi connectivity index (χ4v) is 7.56. The van der Waals surface area contributed by atoms with E-state index in [-0.39, 0.29) is 95.1 Å². The molecule has 1 aliphatic rings. The molecule has 0 spiro atoms.